The van der Waals surface area contributed by atoms with E-state index < -0.39 is 36.1 Å². The summed E-state index contributed by atoms with van der Waals surface area (Å²) in [6, 6.07) is 0. The van der Waals surface area contributed by atoms with Crippen LogP contribution in [0, 0.1) is 12.3 Å². The Balaban J connectivity index is 2.28. The van der Waals surface area contributed by atoms with Crippen molar-refractivity contribution >= 4 is 17.8 Å². The molecule has 0 amide bonds. The molecule has 1 fully saturated rings. The van der Waals surface area contributed by atoms with E-state index in [-0.39, 0.29) is 24.4 Å². The Bertz CT molecular complexity index is 767. The Morgan fingerprint density at radius 1 is 1.52 bits per heavy atom. The van der Waals surface area contributed by atoms with Crippen molar-refractivity contribution in [1.29, 1.82) is 0 Å². The minimum absolute atomic E-state index is 0.135. The first kappa shape index (κ1) is 18.4. The van der Waals surface area contributed by atoms with Crippen molar-refractivity contribution in [2.75, 3.05) is 12.1 Å². The molecular weight excluding hydrogens is 334 g/mol. The fraction of sp³-hybridized carbons (Fsp3) is 0.467. The number of rotatable bonds is 5. The Labute approximate surface area is 142 Å². The highest BCUT2D eigenvalue weighted by atomic mass is 16.6. The number of nitrogens with one attached hydrogen (secondary N) is 1. The molecule has 1 saturated heterocycles. The third kappa shape index (κ3) is 4.34. The van der Waals surface area contributed by atoms with Crippen LogP contribution in [-0.2, 0) is 23.8 Å². The van der Waals surface area contributed by atoms with Crippen molar-refractivity contribution in [1.82, 2.24) is 9.55 Å². The van der Waals surface area contributed by atoms with Crippen LogP contribution in [0.2, 0.25) is 0 Å². The molecule has 0 radical (unpaired) electrons. The maximum atomic E-state index is 12.1. The highest BCUT2D eigenvalue weighted by Gasteiger charge is 2.39. The lowest BCUT2D eigenvalue weighted by molar-refractivity contribution is -0.155. The van der Waals surface area contributed by atoms with E-state index in [9.17, 15) is 14.4 Å². The summed E-state index contributed by atoms with van der Waals surface area (Å²) in [5, 5.41) is 8.94. The van der Waals surface area contributed by atoms with Gasteiger partial charge in [-0.25, -0.2) is 4.79 Å². The summed E-state index contributed by atoms with van der Waals surface area (Å²) >= 11 is 0. The van der Waals surface area contributed by atoms with Crippen LogP contribution in [0.1, 0.15) is 32.1 Å². The SMILES string of the molecule is C#Cc1cn([C@H]2C[C@H](OC(C)=O)[C@@H](COC(C)=O)O2)c(=O)nc1NO. The maximum absolute atomic E-state index is 12.1. The summed E-state index contributed by atoms with van der Waals surface area (Å²) in [5.74, 6) is 1.08. The van der Waals surface area contributed by atoms with E-state index in [4.69, 9.17) is 25.8 Å². The molecule has 1 aromatic heterocycles. The van der Waals surface area contributed by atoms with Crippen LogP contribution >= 0.6 is 0 Å². The number of carbonyl (C=O) groups is 2. The monoisotopic (exact) mass is 351 g/mol. The normalized spacial score (nSPS) is 22.1. The minimum atomic E-state index is -0.829. The number of hydrogen-bond donors (Lipinski definition) is 2. The van der Waals surface area contributed by atoms with Crippen molar-refractivity contribution in [3.05, 3.63) is 22.2 Å². The fourth-order valence-electron chi connectivity index (χ4n) is 2.42. The fourth-order valence-corrected chi connectivity index (χ4v) is 2.42. The second-order valence-electron chi connectivity index (χ2n) is 5.26. The zero-order valence-electron chi connectivity index (χ0n) is 13.6. The first-order chi connectivity index (χ1) is 11.8. The summed E-state index contributed by atoms with van der Waals surface area (Å²) in [6.07, 6.45) is 4.47. The van der Waals surface area contributed by atoms with Gasteiger partial charge in [-0.05, 0) is 0 Å². The Morgan fingerprint density at radius 3 is 2.80 bits per heavy atom. The zero-order valence-corrected chi connectivity index (χ0v) is 13.6. The second-order valence-corrected chi connectivity index (χ2v) is 5.26. The molecular formula is C15H17N3O7. The molecule has 25 heavy (non-hydrogen) atoms. The Kier molecular flexibility index (Phi) is 5.74. The van der Waals surface area contributed by atoms with E-state index in [1.165, 1.54) is 20.0 Å². The van der Waals surface area contributed by atoms with Crippen molar-refractivity contribution in [2.45, 2.75) is 38.7 Å². The molecule has 0 spiro atoms. The molecule has 1 aromatic rings. The van der Waals surface area contributed by atoms with E-state index in [2.05, 4.69) is 10.9 Å². The lowest BCUT2D eigenvalue weighted by atomic mass is 10.2. The van der Waals surface area contributed by atoms with E-state index >= 15 is 0 Å². The van der Waals surface area contributed by atoms with Gasteiger partial charge in [-0.3, -0.25) is 24.8 Å². The van der Waals surface area contributed by atoms with Crippen molar-refractivity contribution in [3.63, 3.8) is 0 Å². The number of esters is 2. The highest BCUT2D eigenvalue weighted by molar-refractivity contribution is 5.66. The lowest BCUT2D eigenvalue weighted by Crippen LogP contribution is -2.31. The predicted molar refractivity (Wildman–Crippen MR) is 82.6 cm³/mol. The largest absolute Gasteiger partial charge is 0.463 e. The van der Waals surface area contributed by atoms with Gasteiger partial charge in [-0.2, -0.15) is 4.98 Å². The quantitative estimate of drug-likeness (QED) is 0.421. The summed E-state index contributed by atoms with van der Waals surface area (Å²) in [4.78, 5) is 38.0. The molecule has 134 valence electrons. The smallest absolute Gasteiger partial charge is 0.351 e. The number of hydrogen-bond acceptors (Lipinski definition) is 9. The van der Waals surface area contributed by atoms with E-state index in [0.29, 0.717) is 0 Å². The molecule has 1 aliphatic heterocycles. The first-order valence-corrected chi connectivity index (χ1v) is 7.31. The van der Waals surface area contributed by atoms with Gasteiger partial charge < -0.3 is 14.2 Å². The second kappa shape index (κ2) is 7.78. The van der Waals surface area contributed by atoms with Gasteiger partial charge in [0.1, 0.15) is 25.0 Å². The lowest BCUT2D eigenvalue weighted by Gasteiger charge is -2.17. The molecule has 1 aliphatic rings. The average Bonchev–Trinajstić information content (AvgIpc) is 2.94. The predicted octanol–water partition coefficient (Wildman–Crippen LogP) is -0.192. The highest BCUT2D eigenvalue weighted by Crippen LogP contribution is 2.30. The van der Waals surface area contributed by atoms with Gasteiger partial charge in [-0.15, -0.1) is 6.42 Å². The topological polar surface area (TPSA) is 129 Å². The molecule has 10 heteroatoms. The number of terminal acetylenes is 1. The standard InChI is InChI=1S/C15H17N3O7/c1-4-10-6-18(15(21)16-14(10)17-22)13-5-11(24-9(3)20)12(25-13)7-23-8(2)19/h1,6,11-13,22H,5,7H2,2-3H3,(H,16,17,21)/t11-,12+,13+/m0/s1. The third-order valence-electron chi connectivity index (χ3n) is 3.47. The molecule has 0 bridgehead atoms. The van der Waals surface area contributed by atoms with Crippen LogP contribution in [0.3, 0.4) is 0 Å². The van der Waals surface area contributed by atoms with Gasteiger partial charge in [0.2, 0.25) is 0 Å². The molecule has 0 aromatic carbocycles. The summed E-state index contributed by atoms with van der Waals surface area (Å²) < 4.78 is 16.9. The number of anilines is 1. The van der Waals surface area contributed by atoms with Gasteiger partial charge in [0.25, 0.3) is 0 Å². The van der Waals surface area contributed by atoms with Gasteiger partial charge in [0.15, 0.2) is 5.82 Å². The molecule has 10 nitrogen and oxygen atoms in total. The van der Waals surface area contributed by atoms with Crippen molar-refractivity contribution in [2.24, 2.45) is 0 Å². The number of ether oxygens (including phenoxy) is 3. The zero-order chi connectivity index (χ0) is 18.6. The Hall–Kier alpha value is -2.90. The van der Waals surface area contributed by atoms with Gasteiger partial charge in [-0.1, -0.05) is 5.92 Å². The molecule has 2 N–H and O–H groups in total. The van der Waals surface area contributed by atoms with E-state index in [0.717, 1.165) is 4.57 Å². The van der Waals surface area contributed by atoms with E-state index in [1.54, 1.807) is 5.48 Å². The Morgan fingerprint density at radius 2 is 2.24 bits per heavy atom. The first-order valence-electron chi connectivity index (χ1n) is 7.31. The van der Waals surface area contributed by atoms with Crippen LogP contribution in [0.4, 0.5) is 5.82 Å². The maximum Gasteiger partial charge on any atom is 0.351 e. The minimum Gasteiger partial charge on any atom is -0.463 e. The van der Waals surface area contributed by atoms with E-state index in [1.807, 2.05) is 0 Å². The van der Waals surface area contributed by atoms with Crippen LogP contribution in [0.5, 0.6) is 0 Å². The van der Waals surface area contributed by atoms with Crippen molar-refractivity contribution in [3.8, 4) is 12.3 Å². The van der Waals surface area contributed by atoms with Crippen molar-refractivity contribution < 1.29 is 29.0 Å². The average molecular weight is 351 g/mol. The molecule has 0 unspecified atom stereocenters. The summed E-state index contributed by atoms with van der Waals surface area (Å²) in [7, 11) is 0. The van der Waals surface area contributed by atoms with Gasteiger partial charge >= 0.3 is 17.6 Å². The molecule has 2 rings (SSSR count). The van der Waals surface area contributed by atoms with Crippen LogP contribution in [-0.4, -0.2) is 45.5 Å². The van der Waals surface area contributed by atoms with Gasteiger partial charge in [0, 0.05) is 26.5 Å². The molecule has 3 atom stereocenters. The summed E-state index contributed by atoms with van der Waals surface area (Å²) in [5.41, 5.74) is 1.16. The molecule has 0 aliphatic carbocycles. The molecule has 2 heterocycles. The van der Waals surface area contributed by atoms with Crippen LogP contribution in [0.15, 0.2) is 11.0 Å². The van der Waals surface area contributed by atoms with Crippen LogP contribution in [0.25, 0.3) is 0 Å². The van der Waals surface area contributed by atoms with Crippen LogP contribution < -0.4 is 11.2 Å². The third-order valence-corrected chi connectivity index (χ3v) is 3.47. The number of aromatic nitrogens is 2. The number of nitrogens with zero attached hydrogens (tertiary/aromatic N) is 2. The number of carbonyl (C=O) groups excluding carboxylic acids is 2. The summed E-state index contributed by atoms with van der Waals surface area (Å²) in [6.45, 7) is 2.34. The molecule has 0 saturated carbocycles. The van der Waals surface area contributed by atoms with Gasteiger partial charge in [0.05, 0.1) is 5.56 Å².